The van der Waals surface area contributed by atoms with Crippen LogP contribution < -0.4 is 4.74 Å². The first-order chi connectivity index (χ1) is 10.1. The largest absolute Gasteiger partial charge is 0.496 e. The number of hydrogen-bond acceptors (Lipinski definition) is 3. The van der Waals surface area contributed by atoms with Crippen molar-refractivity contribution >= 4 is 17.7 Å². The number of carbonyl (C=O) groups is 1. The average molecular weight is 302 g/mol. The molecule has 0 amide bonds. The van der Waals surface area contributed by atoms with Gasteiger partial charge in [0.1, 0.15) is 11.0 Å². The highest BCUT2D eigenvalue weighted by molar-refractivity contribution is 8.00. The van der Waals surface area contributed by atoms with Crippen molar-refractivity contribution in [1.82, 2.24) is 0 Å². The van der Waals surface area contributed by atoms with Gasteiger partial charge in [-0.25, -0.2) is 0 Å². The second-order valence-corrected chi connectivity index (χ2v) is 6.05. The summed E-state index contributed by atoms with van der Waals surface area (Å²) in [7, 11) is 1.61. The maximum absolute atomic E-state index is 11.5. The van der Waals surface area contributed by atoms with Crippen LogP contribution in [0, 0.1) is 6.92 Å². The van der Waals surface area contributed by atoms with Gasteiger partial charge in [0.05, 0.1) is 7.11 Å². The Kier molecular flexibility index (Phi) is 5.28. The molecule has 0 spiro atoms. The summed E-state index contributed by atoms with van der Waals surface area (Å²) >= 11 is 1.36. The standard InChI is InChI=1S/C17H18O3S/c1-12-8-9-15(20-2)13(10-12)11-16(17(18)19)21-14-6-4-3-5-7-14/h3-10,16H,11H2,1-2H3,(H,18,19)/t16-/m1/s1. The van der Waals surface area contributed by atoms with E-state index in [4.69, 9.17) is 4.74 Å². The molecule has 0 saturated heterocycles. The molecular weight excluding hydrogens is 284 g/mol. The molecule has 2 aromatic carbocycles. The number of hydrogen-bond donors (Lipinski definition) is 1. The molecule has 21 heavy (non-hydrogen) atoms. The van der Waals surface area contributed by atoms with Gasteiger partial charge < -0.3 is 9.84 Å². The molecule has 3 nitrogen and oxygen atoms in total. The number of ether oxygens (including phenoxy) is 1. The Labute approximate surface area is 129 Å². The molecule has 0 radical (unpaired) electrons. The molecule has 0 fully saturated rings. The summed E-state index contributed by atoms with van der Waals surface area (Å²) in [5.74, 6) is -0.0760. The first kappa shape index (κ1) is 15.4. The van der Waals surface area contributed by atoms with Gasteiger partial charge in [-0.15, -0.1) is 11.8 Å². The first-order valence-corrected chi connectivity index (χ1v) is 7.56. The number of benzene rings is 2. The lowest BCUT2D eigenvalue weighted by Gasteiger charge is -2.15. The van der Waals surface area contributed by atoms with E-state index in [-0.39, 0.29) is 0 Å². The molecule has 0 aliphatic rings. The minimum absolute atomic E-state index is 0.430. The van der Waals surface area contributed by atoms with Gasteiger partial charge in [0.15, 0.2) is 0 Å². The smallest absolute Gasteiger partial charge is 0.317 e. The number of aryl methyl sites for hydroxylation is 1. The first-order valence-electron chi connectivity index (χ1n) is 6.68. The Balaban J connectivity index is 2.20. The fourth-order valence-electron chi connectivity index (χ4n) is 2.11. The zero-order chi connectivity index (χ0) is 15.2. The predicted molar refractivity (Wildman–Crippen MR) is 85.2 cm³/mol. The van der Waals surface area contributed by atoms with Crippen LogP contribution in [0.15, 0.2) is 53.4 Å². The van der Waals surface area contributed by atoms with Gasteiger partial charge >= 0.3 is 5.97 Å². The fraction of sp³-hybridized carbons (Fsp3) is 0.235. The van der Waals surface area contributed by atoms with Crippen molar-refractivity contribution in [2.75, 3.05) is 7.11 Å². The zero-order valence-corrected chi connectivity index (χ0v) is 12.9. The second kappa shape index (κ2) is 7.18. The Bertz CT molecular complexity index is 611. The molecule has 0 aliphatic carbocycles. The van der Waals surface area contributed by atoms with Gasteiger partial charge in [0.2, 0.25) is 0 Å². The Morgan fingerprint density at radius 1 is 1.24 bits per heavy atom. The van der Waals surface area contributed by atoms with Crippen LogP contribution in [0.3, 0.4) is 0 Å². The summed E-state index contributed by atoms with van der Waals surface area (Å²) in [6.07, 6.45) is 0.430. The van der Waals surface area contributed by atoms with Crippen molar-refractivity contribution < 1.29 is 14.6 Å². The normalized spacial score (nSPS) is 11.9. The van der Waals surface area contributed by atoms with Gasteiger partial charge in [-0.05, 0) is 37.1 Å². The summed E-state index contributed by atoms with van der Waals surface area (Å²) in [5.41, 5.74) is 2.02. The predicted octanol–water partition coefficient (Wildman–Crippen LogP) is 3.79. The maximum atomic E-state index is 11.5. The monoisotopic (exact) mass is 302 g/mol. The van der Waals surface area contributed by atoms with Crippen molar-refractivity contribution in [3.8, 4) is 5.75 Å². The number of aliphatic carboxylic acids is 1. The van der Waals surface area contributed by atoms with Crippen LogP contribution in [-0.2, 0) is 11.2 Å². The van der Waals surface area contributed by atoms with Gasteiger partial charge in [-0.3, -0.25) is 4.79 Å². The third kappa shape index (κ3) is 4.26. The van der Waals surface area contributed by atoms with E-state index in [9.17, 15) is 9.90 Å². The molecule has 0 saturated carbocycles. The Hall–Kier alpha value is -1.94. The van der Waals surface area contributed by atoms with E-state index in [1.807, 2.05) is 55.5 Å². The fourth-order valence-corrected chi connectivity index (χ4v) is 3.12. The van der Waals surface area contributed by atoms with Crippen molar-refractivity contribution in [3.63, 3.8) is 0 Å². The highest BCUT2D eigenvalue weighted by Crippen LogP contribution is 2.29. The Morgan fingerprint density at radius 2 is 1.95 bits per heavy atom. The van der Waals surface area contributed by atoms with E-state index in [2.05, 4.69) is 0 Å². The molecular formula is C17H18O3S. The molecule has 1 atom stereocenters. The maximum Gasteiger partial charge on any atom is 0.317 e. The SMILES string of the molecule is COc1ccc(C)cc1C[C@@H](Sc1ccccc1)C(=O)O. The van der Waals surface area contributed by atoms with Crippen LogP contribution in [0.1, 0.15) is 11.1 Å². The molecule has 0 aliphatic heterocycles. The van der Waals surface area contributed by atoms with E-state index in [1.54, 1.807) is 7.11 Å². The summed E-state index contributed by atoms with van der Waals surface area (Å²) in [6, 6.07) is 15.4. The molecule has 4 heteroatoms. The van der Waals surface area contributed by atoms with Crippen LogP contribution in [0.4, 0.5) is 0 Å². The summed E-state index contributed by atoms with van der Waals surface area (Å²) in [4.78, 5) is 12.5. The average Bonchev–Trinajstić information content (AvgIpc) is 2.48. The molecule has 1 N–H and O–H groups in total. The van der Waals surface area contributed by atoms with E-state index < -0.39 is 11.2 Å². The van der Waals surface area contributed by atoms with Gasteiger partial charge in [0.25, 0.3) is 0 Å². The number of methoxy groups -OCH3 is 1. The second-order valence-electron chi connectivity index (χ2n) is 4.78. The Morgan fingerprint density at radius 3 is 2.57 bits per heavy atom. The van der Waals surface area contributed by atoms with Crippen molar-refractivity contribution in [3.05, 3.63) is 59.7 Å². The molecule has 0 bridgehead atoms. The number of rotatable bonds is 6. The van der Waals surface area contributed by atoms with Crippen molar-refractivity contribution in [1.29, 1.82) is 0 Å². The molecule has 2 rings (SSSR count). The van der Waals surface area contributed by atoms with Crippen LogP contribution in [0.2, 0.25) is 0 Å². The lowest BCUT2D eigenvalue weighted by Crippen LogP contribution is -2.19. The minimum atomic E-state index is -0.813. The quantitative estimate of drug-likeness (QED) is 0.825. The number of carboxylic acid groups (broad SMARTS) is 1. The van der Waals surface area contributed by atoms with E-state index in [0.717, 1.165) is 21.8 Å². The highest BCUT2D eigenvalue weighted by Gasteiger charge is 2.21. The topological polar surface area (TPSA) is 46.5 Å². The number of carboxylic acids is 1. The van der Waals surface area contributed by atoms with Crippen LogP contribution in [0.25, 0.3) is 0 Å². The summed E-state index contributed by atoms with van der Waals surface area (Å²) in [6.45, 7) is 1.99. The zero-order valence-electron chi connectivity index (χ0n) is 12.1. The van der Waals surface area contributed by atoms with Gasteiger partial charge in [-0.1, -0.05) is 35.9 Å². The van der Waals surface area contributed by atoms with Crippen LogP contribution in [0.5, 0.6) is 5.75 Å². The molecule has 0 aromatic heterocycles. The molecule has 2 aromatic rings. The van der Waals surface area contributed by atoms with Crippen molar-refractivity contribution in [2.24, 2.45) is 0 Å². The lowest BCUT2D eigenvalue weighted by molar-refractivity contribution is -0.136. The van der Waals surface area contributed by atoms with Crippen LogP contribution >= 0.6 is 11.8 Å². The third-order valence-corrected chi connectivity index (χ3v) is 4.34. The lowest BCUT2D eigenvalue weighted by atomic mass is 10.1. The van der Waals surface area contributed by atoms with Gasteiger partial charge in [0, 0.05) is 4.90 Å². The number of thioether (sulfide) groups is 1. The molecule has 110 valence electrons. The summed E-state index contributed by atoms with van der Waals surface area (Å²) in [5, 5.41) is 8.93. The minimum Gasteiger partial charge on any atom is -0.496 e. The third-order valence-electron chi connectivity index (χ3n) is 3.14. The molecule has 0 heterocycles. The van der Waals surface area contributed by atoms with Gasteiger partial charge in [-0.2, -0.15) is 0 Å². The van der Waals surface area contributed by atoms with E-state index in [0.29, 0.717) is 6.42 Å². The van der Waals surface area contributed by atoms with E-state index in [1.165, 1.54) is 11.8 Å². The molecule has 0 unspecified atom stereocenters. The highest BCUT2D eigenvalue weighted by atomic mass is 32.2. The summed E-state index contributed by atoms with van der Waals surface area (Å²) < 4.78 is 5.33. The van der Waals surface area contributed by atoms with Crippen molar-refractivity contribution in [2.45, 2.75) is 23.5 Å². The van der Waals surface area contributed by atoms with Crippen LogP contribution in [-0.4, -0.2) is 23.4 Å². The van der Waals surface area contributed by atoms with E-state index >= 15 is 0 Å².